The predicted molar refractivity (Wildman–Crippen MR) is 113 cm³/mol. The van der Waals surface area contributed by atoms with Gasteiger partial charge in [-0.3, -0.25) is 0 Å². The van der Waals surface area contributed by atoms with E-state index in [1.165, 1.54) is 31.0 Å². The fraction of sp³-hybridized carbons (Fsp3) is 1.00. The maximum Gasteiger partial charge on any atom is 0.500 e. The maximum atomic E-state index is 5.57. The van der Waals surface area contributed by atoms with Crippen LogP contribution in [0, 0.1) is 0 Å². The second kappa shape index (κ2) is 13.6. The molecule has 9 heteroatoms. The van der Waals surface area contributed by atoms with Crippen LogP contribution in [0.15, 0.2) is 0 Å². The van der Waals surface area contributed by atoms with Crippen LogP contribution in [0.5, 0.6) is 0 Å². The van der Waals surface area contributed by atoms with Crippen LogP contribution in [0.25, 0.3) is 0 Å². The van der Waals surface area contributed by atoms with Gasteiger partial charge in [-0.05, 0) is 0 Å². The van der Waals surface area contributed by atoms with Crippen LogP contribution in [0.4, 0.5) is 0 Å². The monoisotopic (exact) mass is 426 g/mol. The van der Waals surface area contributed by atoms with Gasteiger partial charge in [0.25, 0.3) is 0 Å². The minimum Gasteiger partial charge on any atom is -0.377 e. The summed E-state index contributed by atoms with van der Waals surface area (Å²) in [5.41, 5.74) is 0. The van der Waals surface area contributed by atoms with E-state index >= 15 is 0 Å². The van der Waals surface area contributed by atoms with Crippen molar-refractivity contribution in [2.45, 2.75) is 69.4 Å². The summed E-state index contributed by atoms with van der Waals surface area (Å²) in [5.74, 6) is 0. The molecule has 0 N–H and O–H groups in total. The normalized spacial score (nSPS) is 13.4. The highest BCUT2D eigenvalue weighted by molar-refractivity contribution is 6.78. The fourth-order valence-corrected chi connectivity index (χ4v) is 11.7. The van der Waals surface area contributed by atoms with E-state index in [0.717, 1.165) is 24.9 Å². The molecule has 0 radical (unpaired) electrons. The lowest BCUT2D eigenvalue weighted by atomic mass is 10.4. The number of unbranched alkanes of at least 4 members (excludes halogenated alkanes) is 1. The summed E-state index contributed by atoms with van der Waals surface area (Å²) in [5, 5.41) is 0. The van der Waals surface area contributed by atoms with Crippen molar-refractivity contribution in [1.82, 2.24) is 0 Å². The Balaban J connectivity index is 4.73. The zero-order valence-electron chi connectivity index (χ0n) is 18.3. The molecule has 26 heavy (non-hydrogen) atoms. The first-order chi connectivity index (χ1) is 12.3. The van der Waals surface area contributed by atoms with Crippen molar-refractivity contribution in [3.8, 4) is 0 Å². The Labute approximate surface area is 164 Å². The van der Waals surface area contributed by atoms with Gasteiger partial charge in [0, 0.05) is 54.7 Å². The Kier molecular flexibility index (Phi) is 13.8. The van der Waals surface area contributed by atoms with E-state index in [-0.39, 0.29) is 0 Å². The molecular weight excluding hydrogens is 384 g/mol. The third-order valence-electron chi connectivity index (χ3n) is 5.53. The Morgan fingerprint density at radius 1 is 0.500 bits per heavy atom. The third-order valence-corrected chi connectivity index (χ3v) is 15.9. The van der Waals surface area contributed by atoms with E-state index in [2.05, 4.69) is 13.5 Å². The molecule has 0 amide bonds. The van der Waals surface area contributed by atoms with E-state index in [0.29, 0.717) is 0 Å². The van der Waals surface area contributed by atoms with Gasteiger partial charge in [-0.1, -0.05) is 57.3 Å². The number of hydrogen-bond acceptors (Lipinski definition) is 6. The van der Waals surface area contributed by atoms with Gasteiger partial charge in [-0.15, -0.1) is 0 Å². The highest BCUT2D eigenvalue weighted by Crippen LogP contribution is 2.31. The van der Waals surface area contributed by atoms with Gasteiger partial charge in [0.15, 0.2) is 0 Å². The molecule has 0 aliphatic carbocycles. The molecule has 0 atom stereocenters. The van der Waals surface area contributed by atoms with E-state index < -0.39 is 25.7 Å². The molecule has 0 aliphatic rings. The number of rotatable bonds is 17. The first kappa shape index (κ1) is 26.4. The summed E-state index contributed by atoms with van der Waals surface area (Å²) in [6, 6.07) is 5.70. The lowest BCUT2D eigenvalue weighted by molar-refractivity contribution is 0.123. The standard InChI is InChI=1S/C17H42O6Si3/c1-9-10-13-24(8,14-11-16-25(18-2,19-3)20-4)15-12-17-26(21-5,22-6)23-7/h9-17H2,1-8H3. The summed E-state index contributed by atoms with van der Waals surface area (Å²) in [6.45, 7) is 4.81. The molecule has 0 aromatic rings. The quantitative estimate of drug-likeness (QED) is 0.321. The van der Waals surface area contributed by atoms with Gasteiger partial charge in [-0.25, -0.2) is 0 Å². The number of hydrogen-bond donors (Lipinski definition) is 0. The SMILES string of the molecule is CCCC[Si](C)(CCC[Si](OC)(OC)OC)CCC[Si](OC)(OC)OC. The van der Waals surface area contributed by atoms with Gasteiger partial charge >= 0.3 is 17.6 Å². The highest BCUT2D eigenvalue weighted by Gasteiger charge is 2.40. The van der Waals surface area contributed by atoms with Gasteiger partial charge < -0.3 is 26.6 Å². The van der Waals surface area contributed by atoms with Crippen LogP contribution in [-0.2, 0) is 26.6 Å². The second-order valence-electron chi connectivity index (χ2n) is 7.21. The summed E-state index contributed by atoms with van der Waals surface area (Å²) in [7, 11) is 3.90. The molecule has 0 spiro atoms. The van der Waals surface area contributed by atoms with Crippen molar-refractivity contribution < 1.29 is 26.6 Å². The topological polar surface area (TPSA) is 55.4 Å². The minimum atomic E-state index is -2.46. The average Bonchev–Trinajstić information content (AvgIpc) is 2.68. The Morgan fingerprint density at radius 2 is 0.808 bits per heavy atom. The van der Waals surface area contributed by atoms with Crippen LogP contribution in [0.3, 0.4) is 0 Å². The van der Waals surface area contributed by atoms with Crippen molar-refractivity contribution in [1.29, 1.82) is 0 Å². The molecular formula is C17H42O6Si3. The fourth-order valence-electron chi connectivity index (χ4n) is 3.55. The summed E-state index contributed by atoms with van der Waals surface area (Å²) in [4.78, 5) is 0. The Bertz CT molecular complexity index is 309. The lowest BCUT2D eigenvalue weighted by Crippen LogP contribution is -2.44. The third kappa shape index (κ3) is 8.61. The molecule has 0 saturated carbocycles. The minimum absolute atomic E-state index is 0.887. The summed E-state index contributed by atoms with van der Waals surface area (Å²) < 4.78 is 33.4. The van der Waals surface area contributed by atoms with Gasteiger partial charge in [-0.2, -0.15) is 0 Å². The van der Waals surface area contributed by atoms with Gasteiger partial charge in [0.05, 0.1) is 8.07 Å². The van der Waals surface area contributed by atoms with Crippen molar-refractivity contribution in [2.75, 3.05) is 42.7 Å². The molecule has 0 saturated heterocycles. The Morgan fingerprint density at radius 3 is 1.08 bits per heavy atom. The molecule has 0 rings (SSSR count). The molecule has 0 aromatic carbocycles. The smallest absolute Gasteiger partial charge is 0.377 e. The second-order valence-corrected chi connectivity index (χ2v) is 18.5. The molecule has 0 unspecified atom stereocenters. The first-order valence-corrected chi connectivity index (χ1v) is 16.6. The first-order valence-electron chi connectivity index (χ1n) is 9.65. The summed E-state index contributed by atoms with van der Waals surface area (Å²) in [6.07, 6.45) is 4.78. The molecule has 158 valence electrons. The summed E-state index contributed by atoms with van der Waals surface area (Å²) >= 11 is 0. The highest BCUT2D eigenvalue weighted by atomic mass is 28.4. The van der Waals surface area contributed by atoms with E-state index in [4.69, 9.17) is 26.6 Å². The van der Waals surface area contributed by atoms with E-state index in [1.54, 1.807) is 42.7 Å². The van der Waals surface area contributed by atoms with E-state index in [9.17, 15) is 0 Å². The zero-order valence-corrected chi connectivity index (χ0v) is 21.3. The van der Waals surface area contributed by atoms with Crippen molar-refractivity contribution in [3.63, 3.8) is 0 Å². The van der Waals surface area contributed by atoms with Crippen LogP contribution in [-0.4, -0.2) is 68.3 Å². The van der Waals surface area contributed by atoms with E-state index in [1.807, 2.05) is 0 Å². The average molecular weight is 427 g/mol. The van der Waals surface area contributed by atoms with Gasteiger partial charge in [0.2, 0.25) is 0 Å². The molecule has 0 fully saturated rings. The zero-order chi connectivity index (χ0) is 20.1. The van der Waals surface area contributed by atoms with Crippen molar-refractivity contribution >= 4 is 25.7 Å². The predicted octanol–water partition coefficient (Wildman–Crippen LogP) is 4.40. The lowest BCUT2D eigenvalue weighted by Gasteiger charge is -2.31. The molecule has 0 bridgehead atoms. The maximum absolute atomic E-state index is 5.57. The van der Waals surface area contributed by atoms with Gasteiger partial charge in [0.1, 0.15) is 0 Å². The van der Waals surface area contributed by atoms with Crippen LogP contribution in [0.2, 0.25) is 36.8 Å². The molecule has 0 heterocycles. The largest absolute Gasteiger partial charge is 0.500 e. The molecule has 0 aliphatic heterocycles. The molecule has 6 nitrogen and oxygen atoms in total. The van der Waals surface area contributed by atoms with Crippen molar-refractivity contribution in [2.24, 2.45) is 0 Å². The van der Waals surface area contributed by atoms with Crippen molar-refractivity contribution in [3.05, 3.63) is 0 Å². The van der Waals surface area contributed by atoms with Crippen LogP contribution in [0.1, 0.15) is 32.6 Å². The van der Waals surface area contributed by atoms with Crippen LogP contribution < -0.4 is 0 Å². The Hall–Kier alpha value is 0.411. The molecule has 0 aromatic heterocycles. The van der Waals surface area contributed by atoms with Crippen LogP contribution >= 0.6 is 0 Å².